The molecule has 1 rings (SSSR count). The minimum atomic E-state index is -0.0279. The number of rotatable bonds is 8. The Morgan fingerprint density at radius 2 is 1.89 bits per heavy atom. The summed E-state index contributed by atoms with van der Waals surface area (Å²) in [6.45, 7) is 10.4. The van der Waals surface area contributed by atoms with Crippen LogP contribution in [0.1, 0.15) is 65.7 Å². The SMILES string of the molecule is C=CC[C@@H]1C[C@@H](CCCCCC)O[C@@H](C(C)C)O1. The van der Waals surface area contributed by atoms with Crippen LogP contribution >= 0.6 is 0 Å². The Morgan fingerprint density at radius 1 is 1.17 bits per heavy atom. The maximum absolute atomic E-state index is 6.05. The van der Waals surface area contributed by atoms with E-state index in [4.69, 9.17) is 9.47 Å². The Kier molecular flexibility index (Phi) is 7.60. The van der Waals surface area contributed by atoms with Crippen molar-refractivity contribution in [3.63, 3.8) is 0 Å². The molecule has 106 valence electrons. The van der Waals surface area contributed by atoms with Crippen LogP contribution in [0.4, 0.5) is 0 Å². The van der Waals surface area contributed by atoms with E-state index in [1.54, 1.807) is 0 Å². The molecule has 0 aromatic rings. The van der Waals surface area contributed by atoms with Gasteiger partial charge in [0.25, 0.3) is 0 Å². The Morgan fingerprint density at radius 3 is 2.50 bits per heavy atom. The van der Waals surface area contributed by atoms with E-state index in [1.165, 1.54) is 32.1 Å². The summed E-state index contributed by atoms with van der Waals surface area (Å²) in [6, 6.07) is 0. The van der Waals surface area contributed by atoms with Crippen LogP contribution in [0.25, 0.3) is 0 Å². The van der Waals surface area contributed by atoms with Gasteiger partial charge in [0.15, 0.2) is 6.29 Å². The van der Waals surface area contributed by atoms with Gasteiger partial charge < -0.3 is 9.47 Å². The molecule has 0 saturated carbocycles. The zero-order valence-electron chi connectivity index (χ0n) is 12.4. The molecule has 1 fully saturated rings. The molecule has 1 heterocycles. The maximum Gasteiger partial charge on any atom is 0.160 e. The molecule has 0 aromatic heterocycles. The lowest BCUT2D eigenvalue weighted by atomic mass is 10.0. The monoisotopic (exact) mass is 254 g/mol. The predicted octanol–water partition coefficient (Wildman–Crippen LogP) is 4.69. The third-order valence-electron chi connectivity index (χ3n) is 3.53. The molecule has 1 saturated heterocycles. The zero-order valence-corrected chi connectivity index (χ0v) is 12.4. The van der Waals surface area contributed by atoms with Crippen LogP contribution in [0.2, 0.25) is 0 Å². The van der Waals surface area contributed by atoms with Gasteiger partial charge >= 0.3 is 0 Å². The molecule has 2 heteroatoms. The highest BCUT2D eigenvalue weighted by Gasteiger charge is 2.30. The molecule has 3 atom stereocenters. The number of ether oxygens (including phenoxy) is 2. The summed E-state index contributed by atoms with van der Waals surface area (Å²) < 4.78 is 12.0. The first-order chi connectivity index (χ1) is 8.67. The van der Waals surface area contributed by atoms with Gasteiger partial charge in [0, 0.05) is 12.3 Å². The standard InChI is InChI=1S/C16H30O2/c1-5-7-8-9-11-15-12-14(10-6-2)17-16(18-15)13(3)4/h6,13-16H,2,5,7-12H2,1,3-4H3/t14-,15-,16+/m1/s1. The van der Waals surface area contributed by atoms with Crippen LogP contribution in [0.3, 0.4) is 0 Å². The lowest BCUT2D eigenvalue weighted by Gasteiger charge is -2.37. The molecule has 1 aliphatic rings. The van der Waals surface area contributed by atoms with Gasteiger partial charge in [0.05, 0.1) is 12.2 Å². The zero-order chi connectivity index (χ0) is 13.4. The van der Waals surface area contributed by atoms with Crippen LogP contribution in [-0.2, 0) is 9.47 Å². The minimum absolute atomic E-state index is 0.0279. The Balaban J connectivity index is 2.37. The van der Waals surface area contributed by atoms with E-state index in [9.17, 15) is 0 Å². The van der Waals surface area contributed by atoms with E-state index < -0.39 is 0 Å². The Hall–Kier alpha value is -0.340. The largest absolute Gasteiger partial charge is 0.349 e. The van der Waals surface area contributed by atoms with Crippen LogP contribution in [0.15, 0.2) is 12.7 Å². The van der Waals surface area contributed by atoms with Crippen LogP contribution in [0, 0.1) is 5.92 Å². The molecular weight excluding hydrogens is 224 g/mol. The van der Waals surface area contributed by atoms with E-state index in [-0.39, 0.29) is 6.29 Å². The van der Waals surface area contributed by atoms with Crippen LogP contribution < -0.4 is 0 Å². The van der Waals surface area contributed by atoms with E-state index in [2.05, 4.69) is 27.4 Å². The number of hydrogen-bond donors (Lipinski definition) is 0. The van der Waals surface area contributed by atoms with E-state index >= 15 is 0 Å². The molecule has 0 radical (unpaired) electrons. The molecule has 0 N–H and O–H groups in total. The van der Waals surface area contributed by atoms with Crippen molar-refractivity contribution >= 4 is 0 Å². The fourth-order valence-electron chi connectivity index (χ4n) is 2.45. The Bertz CT molecular complexity index is 225. The number of hydrogen-bond acceptors (Lipinski definition) is 2. The quantitative estimate of drug-likeness (QED) is 0.462. The van der Waals surface area contributed by atoms with Gasteiger partial charge in [-0.2, -0.15) is 0 Å². The van der Waals surface area contributed by atoms with Crippen molar-refractivity contribution in [1.82, 2.24) is 0 Å². The molecule has 0 aliphatic carbocycles. The second kappa shape index (κ2) is 8.71. The summed E-state index contributed by atoms with van der Waals surface area (Å²) in [5.41, 5.74) is 0. The number of unbranched alkanes of at least 4 members (excludes halogenated alkanes) is 3. The van der Waals surface area contributed by atoms with Crippen LogP contribution in [0.5, 0.6) is 0 Å². The van der Waals surface area contributed by atoms with Crippen molar-refractivity contribution < 1.29 is 9.47 Å². The van der Waals surface area contributed by atoms with Gasteiger partial charge in [0.2, 0.25) is 0 Å². The van der Waals surface area contributed by atoms with Gasteiger partial charge in [-0.3, -0.25) is 0 Å². The smallest absolute Gasteiger partial charge is 0.160 e. The highest BCUT2D eigenvalue weighted by molar-refractivity contribution is 4.80. The summed E-state index contributed by atoms with van der Waals surface area (Å²) >= 11 is 0. The van der Waals surface area contributed by atoms with Gasteiger partial charge in [0.1, 0.15) is 0 Å². The minimum Gasteiger partial charge on any atom is -0.349 e. The first-order valence-corrected chi connectivity index (χ1v) is 7.59. The molecule has 1 aliphatic heterocycles. The topological polar surface area (TPSA) is 18.5 Å². The van der Waals surface area contributed by atoms with Gasteiger partial charge in [-0.25, -0.2) is 0 Å². The van der Waals surface area contributed by atoms with Crippen molar-refractivity contribution in [2.24, 2.45) is 5.92 Å². The lowest BCUT2D eigenvalue weighted by molar-refractivity contribution is -0.259. The van der Waals surface area contributed by atoms with Crippen molar-refractivity contribution in [2.45, 2.75) is 84.2 Å². The average molecular weight is 254 g/mol. The summed E-state index contributed by atoms with van der Waals surface area (Å²) in [4.78, 5) is 0. The average Bonchev–Trinajstić information content (AvgIpc) is 2.35. The molecule has 0 aromatic carbocycles. The predicted molar refractivity (Wildman–Crippen MR) is 76.6 cm³/mol. The normalized spacial score (nSPS) is 28.6. The highest BCUT2D eigenvalue weighted by Crippen LogP contribution is 2.27. The summed E-state index contributed by atoms with van der Waals surface area (Å²) in [5, 5.41) is 0. The first kappa shape index (κ1) is 15.7. The third-order valence-corrected chi connectivity index (χ3v) is 3.53. The first-order valence-electron chi connectivity index (χ1n) is 7.59. The molecule has 2 nitrogen and oxygen atoms in total. The van der Waals surface area contributed by atoms with Crippen molar-refractivity contribution in [2.75, 3.05) is 0 Å². The summed E-state index contributed by atoms with van der Waals surface area (Å²) in [6.07, 6.45) is 11.0. The van der Waals surface area contributed by atoms with Gasteiger partial charge in [-0.05, 0) is 12.8 Å². The lowest BCUT2D eigenvalue weighted by Crippen LogP contribution is -2.40. The van der Waals surface area contributed by atoms with Crippen molar-refractivity contribution in [3.8, 4) is 0 Å². The summed E-state index contributed by atoms with van der Waals surface area (Å²) in [7, 11) is 0. The van der Waals surface area contributed by atoms with Crippen molar-refractivity contribution in [1.29, 1.82) is 0 Å². The van der Waals surface area contributed by atoms with E-state index in [0.717, 1.165) is 12.8 Å². The second-order valence-corrected chi connectivity index (χ2v) is 5.74. The van der Waals surface area contributed by atoms with Crippen molar-refractivity contribution in [3.05, 3.63) is 12.7 Å². The van der Waals surface area contributed by atoms with E-state index in [0.29, 0.717) is 18.1 Å². The molecule has 0 unspecified atom stereocenters. The molecule has 0 spiro atoms. The molecule has 0 amide bonds. The highest BCUT2D eigenvalue weighted by atomic mass is 16.7. The maximum atomic E-state index is 6.05. The van der Waals surface area contributed by atoms with E-state index in [1.807, 2.05) is 6.08 Å². The van der Waals surface area contributed by atoms with Gasteiger partial charge in [-0.15, -0.1) is 6.58 Å². The molecular formula is C16H30O2. The third kappa shape index (κ3) is 5.53. The fourth-order valence-corrected chi connectivity index (χ4v) is 2.45. The fraction of sp³-hybridized carbons (Fsp3) is 0.875. The molecule has 0 bridgehead atoms. The van der Waals surface area contributed by atoms with Crippen LogP contribution in [-0.4, -0.2) is 18.5 Å². The van der Waals surface area contributed by atoms with Gasteiger partial charge in [-0.1, -0.05) is 52.5 Å². The molecule has 18 heavy (non-hydrogen) atoms. The second-order valence-electron chi connectivity index (χ2n) is 5.74. The Labute approximate surface area is 113 Å². The summed E-state index contributed by atoms with van der Waals surface area (Å²) in [5.74, 6) is 0.427.